The van der Waals surface area contributed by atoms with Crippen molar-refractivity contribution in [2.45, 2.75) is 137 Å². The summed E-state index contributed by atoms with van der Waals surface area (Å²) in [5, 5.41) is 102. The zero-order valence-electron chi connectivity index (χ0n) is 34.5. The number of hydrogen-bond donors (Lipinski definition) is 14. The average molecular weight is 1010 g/mol. The maximum Gasteiger partial charge on any atom is 1.00 e. The van der Waals surface area contributed by atoms with Crippen LogP contribution < -0.4 is 40.2 Å². The van der Waals surface area contributed by atoms with E-state index in [1.165, 1.54) is 0 Å². The molecule has 65 heavy (non-hydrogen) atoms. The van der Waals surface area contributed by atoms with Gasteiger partial charge in [-0.25, -0.2) is 18.0 Å². The standard InChI is InChI=1S/2C15H25NO15S.Na/c2*1-4(18)16-6-11(10(31-32(24,25)26)5(3-17)28-14(6)27-2)29-15-9(21)7(19)8(20)12(30-15)13(22)23;/h2*5-12,14-15,17,19-21H,3H2,1-2H3,(H,16,18)(H,22,23)(H,24,25,26);/q;;+1/t2*5-,6-,7+,8+,9-,10-,11-,12+,14+,15-;/m11./s1. The molecule has 32 nitrogen and oxygen atoms in total. The van der Waals surface area contributed by atoms with Crippen molar-refractivity contribution >= 4 is 44.6 Å². The Morgan fingerprint density at radius 1 is 0.523 bits per heavy atom. The zero-order valence-corrected chi connectivity index (χ0v) is 38.1. The Bertz CT molecular complexity index is 1690. The molecule has 0 bridgehead atoms. The van der Waals surface area contributed by atoms with Crippen molar-refractivity contribution in [3.63, 3.8) is 0 Å². The molecule has 4 aliphatic heterocycles. The van der Waals surface area contributed by atoms with E-state index in [0.717, 1.165) is 28.1 Å². The number of carbonyl (C=O) groups excluding carboxylic acids is 2. The molecule has 4 aliphatic rings. The van der Waals surface area contributed by atoms with Crippen LogP contribution in [0.2, 0.25) is 0 Å². The molecule has 0 saturated carbocycles. The van der Waals surface area contributed by atoms with Gasteiger partial charge in [-0.3, -0.25) is 18.7 Å². The third-order valence-corrected chi connectivity index (χ3v) is 10.5. The Morgan fingerprint density at radius 2 is 0.831 bits per heavy atom. The van der Waals surface area contributed by atoms with Crippen LogP contribution in [0.3, 0.4) is 0 Å². The van der Waals surface area contributed by atoms with Crippen LogP contribution in [-0.2, 0) is 86.2 Å². The first-order valence-electron chi connectivity index (χ1n) is 18.2. The van der Waals surface area contributed by atoms with Crippen molar-refractivity contribution in [3.05, 3.63) is 0 Å². The molecule has 0 spiro atoms. The number of aliphatic carboxylic acids is 2. The second-order valence-electron chi connectivity index (χ2n) is 14.0. The van der Waals surface area contributed by atoms with Crippen molar-refractivity contribution in [2.75, 3.05) is 27.4 Å². The zero-order chi connectivity index (χ0) is 48.8. The van der Waals surface area contributed by atoms with Crippen molar-refractivity contribution in [2.24, 2.45) is 0 Å². The molecule has 4 fully saturated rings. The van der Waals surface area contributed by atoms with Crippen LogP contribution in [-0.4, -0.2) is 251 Å². The molecule has 372 valence electrons. The van der Waals surface area contributed by atoms with Crippen LogP contribution in [0.5, 0.6) is 0 Å². The van der Waals surface area contributed by atoms with Crippen LogP contribution in [0.25, 0.3) is 0 Å². The number of carboxylic acids is 2. The molecule has 4 heterocycles. The van der Waals surface area contributed by atoms with E-state index < -0.39 is 180 Å². The fourth-order valence-corrected chi connectivity index (χ4v) is 7.78. The quantitative estimate of drug-likeness (QED) is 0.0504. The molecule has 2 amide bonds. The van der Waals surface area contributed by atoms with Crippen LogP contribution >= 0.6 is 0 Å². The maximum atomic E-state index is 11.7. The van der Waals surface area contributed by atoms with E-state index in [1.54, 1.807) is 0 Å². The molecule has 0 unspecified atom stereocenters. The normalized spacial score (nSPS) is 40.0. The van der Waals surface area contributed by atoms with Crippen molar-refractivity contribution in [1.82, 2.24) is 10.6 Å². The smallest absolute Gasteiger partial charge is 0.479 e. The number of carbonyl (C=O) groups is 4. The van der Waals surface area contributed by atoms with Gasteiger partial charge in [0, 0.05) is 28.1 Å². The topological polar surface area (TPSA) is 496 Å². The first-order chi connectivity index (χ1) is 29.6. The van der Waals surface area contributed by atoms with Gasteiger partial charge >= 0.3 is 62.3 Å². The van der Waals surface area contributed by atoms with Gasteiger partial charge in [0.25, 0.3) is 0 Å². The van der Waals surface area contributed by atoms with E-state index in [0.29, 0.717) is 0 Å². The van der Waals surface area contributed by atoms with Gasteiger partial charge in [0.15, 0.2) is 37.4 Å². The molecule has 4 saturated heterocycles. The van der Waals surface area contributed by atoms with Gasteiger partial charge in [0.1, 0.15) is 85.3 Å². The predicted molar refractivity (Wildman–Crippen MR) is 192 cm³/mol. The van der Waals surface area contributed by atoms with Gasteiger partial charge < -0.3 is 99.6 Å². The van der Waals surface area contributed by atoms with Crippen LogP contribution in [0.4, 0.5) is 0 Å². The third-order valence-electron chi connectivity index (χ3n) is 9.53. The number of aliphatic hydroxyl groups is 8. The Hall–Kier alpha value is -2.02. The maximum absolute atomic E-state index is 11.7. The fraction of sp³-hybridized carbons (Fsp3) is 0.867. The molecule has 0 aliphatic carbocycles. The average Bonchev–Trinajstić information content (AvgIpc) is 3.18. The Kier molecular flexibility index (Phi) is 22.7. The summed E-state index contributed by atoms with van der Waals surface area (Å²) in [6.45, 7) is 0.375. The SMILES string of the molecule is CO[C@H]1O[C@H](CO)[C@@H](OS(=O)(=O)O)[C@H](O[C@@H]2O[C@H](C(=O)O)[C@@H](O)[C@H](O)[C@H]2O)[C@H]1NC(C)=O.CO[C@H]1O[C@H](CO)[C@@H](OS(=O)(=O)O)[C@H](O[C@@H]2O[C@H](C(=O)O)[C@@H](O)[C@H](O)[C@H]2O)[C@H]1NC(C)=O.[Na+]. The summed E-state index contributed by atoms with van der Waals surface area (Å²) in [7, 11) is -8.09. The van der Waals surface area contributed by atoms with E-state index in [1.807, 2.05) is 0 Å². The molecule has 14 N–H and O–H groups in total. The summed E-state index contributed by atoms with van der Waals surface area (Å²) >= 11 is 0. The third kappa shape index (κ3) is 15.5. The second-order valence-corrected chi connectivity index (χ2v) is 16.1. The minimum Gasteiger partial charge on any atom is -0.479 e. The number of aliphatic hydroxyl groups excluding tert-OH is 8. The summed E-state index contributed by atoms with van der Waals surface area (Å²) in [6, 6.07) is -2.81. The molecule has 20 atom stereocenters. The molecule has 35 heteroatoms. The molecular formula is C30H50N2NaO30S2+. The van der Waals surface area contributed by atoms with Gasteiger partial charge in [-0.2, -0.15) is 16.8 Å². The van der Waals surface area contributed by atoms with Crippen molar-refractivity contribution < 1.29 is 172 Å². The van der Waals surface area contributed by atoms with Gasteiger partial charge in [0.05, 0.1) is 13.2 Å². The van der Waals surface area contributed by atoms with Crippen LogP contribution in [0.15, 0.2) is 0 Å². The first-order valence-corrected chi connectivity index (χ1v) is 20.9. The number of rotatable bonds is 16. The van der Waals surface area contributed by atoms with Gasteiger partial charge in [-0.1, -0.05) is 0 Å². The largest absolute Gasteiger partial charge is 1.00 e. The number of nitrogens with one attached hydrogen (secondary N) is 2. The number of methoxy groups -OCH3 is 2. The molecule has 0 aromatic carbocycles. The predicted octanol–water partition coefficient (Wildman–Crippen LogP) is -12.4. The molecule has 4 rings (SSSR count). The minimum absolute atomic E-state index is 0. The first kappa shape index (κ1) is 59.1. The summed E-state index contributed by atoms with van der Waals surface area (Å²) in [5.74, 6) is -4.80. The number of ether oxygens (including phenoxy) is 8. The second kappa shape index (κ2) is 25.0. The molecular weight excluding hydrogens is 955 g/mol. The summed E-state index contributed by atoms with van der Waals surface area (Å²) in [5.41, 5.74) is 0. The molecule has 0 aromatic heterocycles. The van der Waals surface area contributed by atoms with Crippen LogP contribution in [0.1, 0.15) is 13.8 Å². The number of hydrogen-bond acceptors (Lipinski definition) is 26. The van der Waals surface area contributed by atoms with E-state index in [4.69, 9.17) is 47.0 Å². The monoisotopic (exact) mass is 1010 g/mol. The summed E-state index contributed by atoms with van der Waals surface area (Å²) in [6.07, 6.45) is -33.4. The minimum atomic E-state index is -5.19. The van der Waals surface area contributed by atoms with E-state index >= 15 is 0 Å². The number of carboxylic acid groups (broad SMARTS) is 2. The fourth-order valence-electron chi connectivity index (χ4n) is 6.76. The van der Waals surface area contributed by atoms with E-state index in [2.05, 4.69) is 19.0 Å². The number of amides is 2. The Balaban J connectivity index is 0.000000440. The Morgan fingerprint density at radius 3 is 1.06 bits per heavy atom. The molecule has 0 radical (unpaired) electrons. The van der Waals surface area contributed by atoms with Crippen molar-refractivity contribution in [3.8, 4) is 0 Å². The van der Waals surface area contributed by atoms with E-state index in [-0.39, 0.29) is 29.6 Å². The Labute approximate surface area is 389 Å². The van der Waals surface area contributed by atoms with Gasteiger partial charge in [0.2, 0.25) is 11.8 Å². The molecule has 0 aromatic rings. The van der Waals surface area contributed by atoms with Crippen LogP contribution in [0, 0.1) is 0 Å². The summed E-state index contributed by atoms with van der Waals surface area (Å²) in [4.78, 5) is 46.0. The van der Waals surface area contributed by atoms with Crippen molar-refractivity contribution in [1.29, 1.82) is 0 Å². The van der Waals surface area contributed by atoms with Gasteiger partial charge in [-0.15, -0.1) is 0 Å². The van der Waals surface area contributed by atoms with Gasteiger partial charge in [-0.05, 0) is 0 Å². The van der Waals surface area contributed by atoms with E-state index in [9.17, 15) is 87.1 Å². The summed E-state index contributed by atoms with van der Waals surface area (Å²) < 4.78 is 115.